The van der Waals surface area contributed by atoms with Crippen molar-refractivity contribution in [3.8, 4) is 5.75 Å². The third-order valence-corrected chi connectivity index (χ3v) is 6.31. The minimum atomic E-state index is -0.749. The molecule has 0 radical (unpaired) electrons. The maximum absolute atomic E-state index is 13.1. The maximum Gasteiger partial charge on any atom is 0.329 e. The molecule has 0 saturated carbocycles. The number of Topliss-reactive ketones (excluding diaryl/α,β-unsaturated/α-hetero) is 1. The highest BCUT2D eigenvalue weighted by Crippen LogP contribution is 2.29. The number of aryl methyl sites for hydroxylation is 1. The van der Waals surface area contributed by atoms with Crippen molar-refractivity contribution in [1.29, 1.82) is 0 Å². The number of nitrogens with one attached hydrogen (secondary N) is 1. The fraction of sp³-hybridized carbons (Fsp3) is 0.600. The molecule has 1 heterocycles. The quantitative estimate of drug-likeness (QED) is 0.436. The van der Waals surface area contributed by atoms with E-state index in [2.05, 4.69) is 12.2 Å². The van der Waals surface area contributed by atoms with E-state index in [0.717, 1.165) is 32.1 Å². The molecule has 0 aliphatic rings. The number of carbonyl (C=O) groups excluding carboxylic acids is 3. The van der Waals surface area contributed by atoms with Crippen molar-refractivity contribution < 1.29 is 19.1 Å². The SMILES string of the molecule is CCCC(CCC(CC)C(C)=O)Oc1cccc2c1n(C)c(=O)n2C(C=O)CCC(=O)NC. The van der Waals surface area contributed by atoms with Crippen LogP contribution in [-0.4, -0.2) is 40.3 Å². The lowest BCUT2D eigenvalue weighted by molar-refractivity contribution is -0.122. The van der Waals surface area contributed by atoms with E-state index < -0.39 is 6.04 Å². The molecular weight excluding hydrogens is 422 g/mol. The molecule has 0 fully saturated rings. The van der Waals surface area contributed by atoms with Gasteiger partial charge in [-0.05, 0) is 51.2 Å². The van der Waals surface area contributed by atoms with Crippen LogP contribution in [0.3, 0.4) is 0 Å². The first kappa shape index (κ1) is 26.4. The largest absolute Gasteiger partial charge is 0.488 e. The molecule has 33 heavy (non-hydrogen) atoms. The van der Waals surface area contributed by atoms with Gasteiger partial charge in [0, 0.05) is 26.4 Å². The summed E-state index contributed by atoms with van der Waals surface area (Å²) in [6.45, 7) is 5.75. The fourth-order valence-electron chi connectivity index (χ4n) is 4.33. The van der Waals surface area contributed by atoms with E-state index in [0.29, 0.717) is 23.1 Å². The van der Waals surface area contributed by atoms with Gasteiger partial charge in [0.15, 0.2) is 0 Å². The van der Waals surface area contributed by atoms with Gasteiger partial charge < -0.3 is 14.8 Å². The van der Waals surface area contributed by atoms with Crippen LogP contribution in [-0.2, 0) is 21.4 Å². The van der Waals surface area contributed by atoms with Crippen molar-refractivity contribution >= 4 is 29.0 Å². The Bertz CT molecular complexity index is 1020. The molecule has 1 N–H and O–H groups in total. The van der Waals surface area contributed by atoms with Crippen LogP contribution >= 0.6 is 0 Å². The van der Waals surface area contributed by atoms with Gasteiger partial charge in [0.2, 0.25) is 5.91 Å². The van der Waals surface area contributed by atoms with Crippen LogP contribution < -0.4 is 15.7 Å². The fourth-order valence-corrected chi connectivity index (χ4v) is 4.33. The van der Waals surface area contributed by atoms with Gasteiger partial charge in [0.1, 0.15) is 23.3 Å². The highest BCUT2D eigenvalue weighted by Gasteiger charge is 2.23. The second-order valence-electron chi connectivity index (χ2n) is 8.57. The Kier molecular flexibility index (Phi) is 9.88. The molecule has 2 rings (SSSR count). The Morgan fingerprint density at radius 2 is 1.88 bits per heavy atom. The zero-order chi connectivity index (χ0) is 24.5. The number of nitrogens with zero attached hydrogens (tertiary/aromatic N) is 2. The molecule has 1 aromatic carbocycles. The minimum absolute atomic E-state index is 0.0304. The molecule has 3 unspecified atom stereocenters. The highest BCUT2D eigenvalue weighted by atomic mass is 16.5. The summed E-state index contributed by atoms with van der Waals surface area (Å²) in [5, 5.41) is 2.54. The lowest BCUT2D eigenvalue weighted by atomic mass is 9.94. The summed E-state index contributed by atoms with van der Waals surface area (Å²) in [5.74, 6) is 0.627. The van der Waals surface area contributed by atoms with Gasteiger partial charge in [0.05, 0.1) is 17.7 Å². The minimum Gasteiger partial charge on any atom is -0.488 e. The zero-order valence-corrected chi connectivity index (χ0v) is 20.4. The molecule has 1 amide bonds. The molecule has 8 nitrogen and oxygen atoms in total. The summed E-state index contributed by atoms with van der Waals surface area (Å²) < 4.78 is 9.32. The van der Waals surface area contributed by atoms with Crippen LogP contribution in [0.1, 0.15) is 71.8 Å². The smallest absolute Gasteiger partial charge is 0.329 e. The van der Waals surface area contributed by atoms with Crippen molar-refractivity contribution in [2.75, 3.05) is 7.05 Å². The van der Waals surface area contributed by atoms with E-state index >= 15 is 0 Å². The molecule has 0 bridgehead atoms. The number of imidazole rings is 1. The predicted octanol–water partition coefficient (Wildman–Crippen LogP) is 3.55. The van der Waals surface area contributed by atoms with Gasteiger partial charge in [0.25, 0.3) is 0 Å². The van der Waals surface area contributed by atoms with Gasteiger partial charge in [-0.15, -0.1) is 0 Å². The first-order chi connectivity index (χ1) is 15.8. The van der Waals surface area contributed by atoms with Crippen LogP contribution in [0.5, 0.6) is 5.75 Å². The van der Waals surface area contributed by atoms with Crippen molar-refractivity contribution in [1.82, 2.24) is 14.5 Å². The molecule has 0 aliphatic carbocycles. The Hall–Kier alpha value is -2.90. The molecule has 0 spiro atoms. The number of benzene rings is 1. The number of para-hydroxylation sites is 1. The third-order valence-electron chi connectivity index (χ3n) is 6.31. The van der Waals surface area contributed by atoms with Crippen LogP contribution in [0, 0.1) is 5.92 Å². The van der Waals surface area contributed by atoms with Crippen LogP contribution in [0.15, 0.2) is 23.0 Å². The standard InChI is InChI=1S/C25H37N3O5/c1-6-9-20(14-12-18(7-2)17(3)30)33-22-11-8-10-21-24(22)27(5)25(32)28(21)19(16-29)13-15-23(31)26-4/h8,10-11,16,18-20H,6-7,9,12-15H2,1-5H3,(H,26,31). The molecule has 0 saturated heterocycles. The Labute approximate surface area is 195 Å². The lowest BCUT2D eigenvalue weighted by Crippen LogP contribution is -2.28. The average molecular weight is 460 g/mol. The first-order valence-electron chi connectivity index (χ1n) is 11.8. The summed E-state index contributed by atoms with van der Waals surface area (Å²) in [6, 6.07) is 4.68. The zero-order valence-electron chi connectivity index (χ0n) is 20.4. The number of aromatic nitrogens is 2. The van der Waals surface area contributed by atoms with Crippen molar-refractivity contribution in [3.63, 3.8) is 0 Å². The number of hydrogen-bond donors (Lipinski definition) is 1. The molecular formula is C25H37N3O5. The number of ketones is 1. The van der Waals surface area contributed by atoms with Crippen molar-refractivity contribution in [2.45, 2.75) is 77.9 Å². The van der Waals surface area contributed by atoms with E-state index in [-0.39, 0.29) is 42.2 Å². The maximum atomic E-state index is 13.1. The monoisotopic (exact) mass is 459 g/mol. The average Bonchev–Trinajstić information content (AvgIpc) is 3.05. The number of fused-ring (bicyclic) bond motifs is 1. The number of aldehydes is 1. The summed E-state index contributed by atoms with van der Waals surface area (Å²) in [5.41, 5.74) is 0.887. The molecule has 182 valence electrons. The lowest BCUT2D eigenvalue weighted by Gasteiger charge is -2.21. The molecule has 2 aromatic rings. The second-order valence-corrected chi connectivity index (χ2v) is 8.57. The highest BCUT2D eigenvalue weighted by molar-refractivity contribution is 5.84. The Morgan fingerprint density at radius 3 is 2.45 bits per heavy atom. The van der Waals surface area contributed by atoms with Crippen LogP contribution in [0.4, 0.5) is 0 Å². The molecule has 3 atom stereocenters. The Balaban J connectivity index is 2.38. The molecule has 1 aromatic heterocycles. The van der Waals surface area contributed by atoms with E-state index in [4.69, 9.17) is 4.74 Å². The summed E-state index contributed by atoms with van der Waals surface area (Å²) in [4.78, 5) is 48.4. The Morgan fingerprint density at radius 1 is 1.15 bits per heavy atom. The van der Waals surface area contributed by atoms with Gasteiger partial charge in [-0.2, -0.15) is 0 Å². The summed E-state index contributed by atoms with van der Waals surface area (Å²) in [7, 11) is 3.20. The number of ether oxygens (including phenoxy) is 1. The third kappa shape index (κ3) is 6.33. The van der Waals surface area contributed by atoms with Crippen molar-refractivity contribution in [2.24, 2.45) is 13.0 Å². The number of amides is 1. The summed E-state index contributed by atoms with van der Waals surface area (Å²) >= 11 is 0. The predicted molar refractivity (Wildman–Crippen MR) is 129 cm³/mol. The topological polar surface area (TPSA) is 99.4 Å². The van der Waals surface area contributed by atoms with Crippen LogP contribution in [0.25, 0.3) is 11.0 Å². The van der Waals surface area contributed by atoms with Gasteiger partial charge in [-0.1, -0.05) is 26.3 Å². The van der Waals surface area contributed by atoms with Gasteiger partial charge >= 0.3 is 5.69 Å². The summed E-state index contributed by atoms with van der Waals surface area (Å²) in [6.07, 6.45) is 5.10. The first-order valence-corrected chi connectivity index (χ1v) is 11.8. The van der Waals surface area contributed by atoms with Crippen LogP contribution in [0.2, 0.25) is 0 Å². The second kappa shape index (κ2) is 12.4. The normalized spacial score (nSPS) is 14.0. The van der Waals surface area contributed by atoms with E-state index in [1.807, 2.05) is 19.1 Å². The molecule has 8 heteroatoms. The van der Waals surface area contributed by atoms with E-state index in [1.54, 1.807) is 20.0 Å². The number of hydrogen-bond acceptors (Lipinski definition) is 5. The molecule has 0 aliphatic heterocycles. The van der Waals surface area contributed by atoms with E-state index in [1.165, 1.54) is 16.2 Å². The number of carbonyl (C=O) groups is 3. The van der Waals surface area contributed by atoms with Gasteiger partial charge in [-0.25, -0.2) is 4.79 Å². The van der Waals surface area contributed by atoms with E-state index in [9.17, 15) is 19.2 Å². The van der Waals surface area contributed by atoms with Crippen molar-refractivity contribution in [3.05, 3.63) is 28.7 Å². The number of rotatable bonds is 14. The van der Waals surface area contributed by atoms with Gasteiger partial charge in [-0.3, -0.25) is 18.7 Å².